The molecule has 0 bridgehead atoms. The molecule has 1 saturated carbocycles. The van der Waals surface area contributed by atoms with Crippen LogP contribution in [0, 0.1) is 11.6 Å². The van der Waals surface area contributed by atoms with Gasteiger partial charge in [-0.1, -0.05) is 0 Å². The lowest BCUT2D eigenvalue weighted by Crippen LogP contribution is -2.51. The number of ketones is 1. The van der Waals surface area contributed by atoms with Crippen LogP contribution in [0.2, 0.25) is 0 Å². The van der Waals surface area contributed by atoms with Gasteiger partial charge < -0.3 is 9.72 Å². The molecule has 2 fully saturated rings. The Morgan fingerprint density at radius 2 is 1.82 bits per heavy atom. The van der Waals surface area contributed by atoms with E-state index in [0.717, 1.165) is 35.1 Å². The Labute approximate surface area is 216 Å². The van der Waals surface area contributed by atoms with Crippen LogP contribution < -0.4 is 4.72 Å². The molecule has 2 aliphatic rings. The lowest BCUT2D eigenvalue weighted by Gasteiger charge is -2.33. The number of hydrogen-bond acceptors (Lipinski definition) is 7. The number of ether oxygens (including phenoxy) is 1. The highest BCUT2D eigenvalue weighted by Crippen LogP contribution is 2.38. The van der Waals surface area contributed by atoms with Gasteiger partial charge in [0.1, 0.15) is 17.3 Å². The Balaban J connectivity index is 1.33. The minimum atomic E-state index is -4.18. The second-order valence-corrected chi connectivity index (χ2v) is 11.1. The van der Waals surface area contributed by atoms with Crippen LogP contribution in [0.15, 0.2) is 43.0 Å². The molecule has 38 heavy (non-hydrogen) atoms. The van der Waals surface area contributed by atoms with Gasteiger partial charge in [0.15, 0.2) is 5.82 Å². The maximum Gasteiger partial charge on any atom is 0.301 e. The minimum absolute atomic E-state index is 0.0218. The van der Waals surface area contributed by atoms with Gasteiger partial charge in [0.2, 0.25) is 5.78 Å². The standard InChI is InChI=1S/C25H22F2N6O4S/c1-33(16-11-37-12-16)38(35,36)32-20-5-4-19(26)21(22(20)27)23(34)18-10-31-25-17(18)6-14(7-30-25)15-8-28-24(29-9-15)13-2-3-13/h4-10,13,16,32H,2-3,11-12H2,1H3,(H,30,31). The van der Waals surface area contributed by atoms with E-state index in [2.05, 4.69) is 24.7 Å². The molecule has 10 nitrogen and oxygen atoms in total. The molecule has 13 heteroatoms. The minimum Gasteiger partial charge on any atom is -0.378 e. The van der Waals surface area contributed by atoms with E-state index in [9.17, 15) is 17.6 Å². The number of H-pyrrole nitrogens is 1. The molecule has 0 unspecified atom stereocenters. The first-order valence-corrected chi connectivity index (χ1v) is 13.3. The smallest absolute Gasteiger partial charge is 0.301 e. The number of anilines is 1. The number of halogens is 2. The van der Waals surface area contributed by atoms with Gasteiger partial charge in [-0.05, 0) is 31.0 Å². The highest BCUT2D eigenvalue weighted by atomic mass is 32.2. The Bertz CT molecular complexity index is 1670. The second kappa shape index (κ2) is 9.19. The Kier molecular flexibility index (Phi) is 5.93. The molecule has 6 rings (SSSR count). The van der Waals surface area contributed by atoms with Crippen LogP contribution in [0.25, 0.3) is 22.2 Å². The van der Waals surface area contributed by atoms with Crippen molar-refractivity contribution in [3.05, 3.63) is 71.6 Å². The van der Waals surface area contributed by atoms with Crippen LogP contribution in [-0.2, 0) is 14.9 Å². The maximum atomic E-state index is 15.4. The number of fused-ring (bicyclic) bond motifs is 1. The summed E-state index contributed by atoms with van der Waals surface area (Å²) in [6, 6.07) is 3.04. The van der Waals surface area contributed by atoms with Gasteiger partial charge >= 0.3 is 10.2 Å². The first-order valence-electron chi connectivity index (χ1n) is 11.9. The lowest BCUT2D eigenvalue weighted by molar-refractivity contribution is -0.0303. The fourth-order valence-corrected chi connectivity index (χ4v) is 5.30. The predicted molar refractivity (Wildman–Crippen MR) is 134 cm³/mol. The first-order chi connectivity index (χ1) is 18.2. The molecular formula is C25H22F2N6O4S. The molecule has 0 spiro atoms. The van der Waals surface area contributed by atoms with E-state index in [1.807, 2.05) is 0 Å². The van der Waals surface area contributed by atoms with Gasteiger partial charge in [-0.15, -0.1) is 0 Å². The van der Waals surface area contributed by atoms with Gasteiger partial charge in [0.05, 0.1) is 30.5 Å². The number of benzene rings is 1. The van der Waals surface area contributed by atoms with E-state index in [4.69, 9.17) is 4.74 Å². The van der Waals surface area contributed by atoms with Crippen molar-refractivity contribution in [2.24, 2.45) is 0 Å². The number of pyridine rings is 1. The quantitative estimate of drug-likeness (QED) is 0.328. The van der Waals surface area contributed by atoms with Crippen molar-refractivity contribution in [2.45, 2.75) is 24.8 Å². The Morgan fingerprint density at radius 1 is 1.11 bits per heavy atom. The molecular weight excluding hydrogens is 518 g/mol. The van der Waals surface area contributed by atoms with Crippen LogP contribution >= 0.6 is 0 Å². The SMILES string of the molecule is CN(C1COC1)S(=O)(=O)Nc1ccc(F)c(C(=O)c2c[nH]c3ncc(-c4cnc(C5CC5)nc4)cc23)c1F. The summed E-state index contributed by atoms with van der Waals surface area (Å²) in [7, 11) is -2.86. The number of carbonyl (C=O) groups excluding carboxylic acids is 1. The van der Waals surface area contributed by atoms with E-state index >= 15 is 4.39 Å². The maximum absolute atomic E-state index is 15.4. The summed E-state index contributed by atoms with van der Waals surface area (Å²) in [6.45, 7) is 0.418. The van der Waals surface area contributed by atoms with Crippen molar-refractivity contribution >= 4 is 32.7 Å². The van der Waals surface area contributed by atoms with E-state index in [1.54, 1.807) is 24.7 Å². The third kappa shape index (κ3) is 4.31. The molecule has 196 valence electrons. The van der Waals surface area contributed by atoms with E-state index in [-0.39, 0.29) is 18.8 Å². The van der Waals surface area contributed by atoms with Crippen molar-refractivity contribution in [1.82, 2.24) is 24.2 Å². The number of aromatic amines is 1. The molecule has 0 radical (unpaired) electrons. The Morgan fingerprint density at radius 3 is 2.47 bits per heavy atom. The molecule has 1 aliphatic heterocycles. The predicted octanol–water partition coefficient (Wildman–Crippen LogP) is 3.39. The third-order valence-corrected chi connectivity index (χ3v) is 8.33. The summed E-state index contributed by atoms with van der Waals surface area (Å²) in [5.74, 6) is -2.23. The van der Waals surface area contributed by atoms with E-state index in [0.29, 0.717) is 28.1 Å². The average molecular weight is 541 g/mol. The molecule has 4 aromatic rings. The number of nitrogens with one attached hydrogen (secondary N) is 2. The Hall–Kier alpha value is -3.81. The van der Waals surface area contributed by atoms with Gasteiger partial charge in [-0.25, -0.2) is 23.7 Å². The number of aromatic nitrogens is 4. The topological polar surface area (TPSA) is 130 Å². The van der Waals surface area contributed by atoms with Gasteiger partial charge in [-0.3, -0.25) is 9.52 Å². The average Bonchev–Trinajstić information content (AvgIpc) is 3.63. The normalized spacial score (nSPS) is 16.1. The number of nitrogens with zero attached hydrogens (tertiary/aromatic N) is 4. The zero-order valence-electron chi connectivity index (χ0n) is 20.1. The van der Waals surface area contributed by atoms with Crippen molar-refractivity contribution < 1.29 is 26.7 Å². The summed E-state index contributed by atoms with van der Waals surface area (Å²) < 4.78 is 63.7. The highest BCUT2D eigenvalue weighted by Gasteiger charge is 2.33. The molecule has 4 heterocycles. The highest BCUT2D eigenvalue weighted by molar-refractivity contribution is 7.90. The fourth-order valence-electron chi connectivity index (χ4n) is 4.20. The number of likely N-dealkylation sites (N-methyl/N-ethyl adjacent to an activating group) is 1. The van der Waals surface area contributed by atoms with Crippen LogP contribution in [0.1, 0.15) is 40.5 Å². The van der Waals surface area contributed by atoms with Gasteiger partial charge in [0.25, 0.3) is 0 Å². The zero-order valence-corrected chi connectivity index (χ0v) is 20.9. The monoisotopic (exact) mass is 540 g/mol. The summed E-state index contributed by atoms with van der Waals surface area (Å²) in [5.41, 5.74) is 0.190. The van der Waals surface area contributed by atoms with Crippen LogP contribution in [0.3, 0.4) is 0 Å². The molecule has 1 aliphatic carbocycles. The van der Waals surface area contributed by atoms with Crippen molar-refractivity contribution in [3.63, 3.8) is 0 Å². The van der Waals surface area contributed by atoms with Crippen molar-refractivity contribution in [1.29, 1.82) is 0 Å². The molecule has 3 aromatic heterocycles. The van der Waals surface area contributed by atoms with E-state index < -0.39 is 44.9 Å². The first kappa shape index (κ1) is 24.5. The number of carbonyl (C=O) groups is 1. The van der Waals surface area contributed by atoms with Gasteiger partial charge in [-0.2, -0.15) is 12.7 Å². The number of hydrogen-bond donors (Lipinski definition) is 2. The summed E-state index contributed by atoms with van der Waals surface area (Å²) >= 11 is 0. The second-order valence-electron chi connectivity index (χ2n) is 9.35. The summed E-state index contributed by atoms with van der Waals surface area (Å²) in [5, 5.41) is 0.341. The fraction of sp³-hybridized carbons (Fsp3) is 0.280. The largest absolute Gasteiger partial charge is 0.378 e. The zero-order chi connectivity index (χ0) is 26.6. The van der Waals surface area contributed by atoms with Crippen LogP contribution in [0.5, 0.6) is 0 Å². The van der Waals surface area contributed by atoms with Gasteiger partial charge in [0, 0.05) is 59.8 Å². The third-order valence-electron chi connectivity index (χ3n) is 6.79. The molecule has 1 saturated heterocycles. The van der Waals surface area contributed by atoms with Crippen molar-refractivity contribution in [3.8, 4) is 11.1 Å². The summed E-state index contributed by atoms with van der Waals surface area (Å²) in [6.07, 6.45) is 8.41. The number of rotatable bonds is 8. The molecule has 1 aromatic carbocycles. The van der Waals surface area contributed by atoms with Crippen LogP contribution in [0.4, 0.5) is 14.5 Å². The van der Waals surface area contributed by atoms with Crippen LogP contribution in [-0.4, -0.2) is 64.7 Å². The lowest BCUT2D eigenvalue weighted by atomic mass is 10.0. The van der Waals surface area contributed by atoms with Crippen molar-refractivity contribution in [2.75, 3.05) is 25.0 Å². The van der Waals surface area contributed by atoms with E-state index in [1.165, 1.54) is 13.2 Å². The summed E-state index contributed by atoms with van der Waals surface area (Å²) in [4.78, 5) is 29.4. The molecule has 0 atom stereocenters. The molecule has 0 amide bonds. The molecule has 2 N–H and O–H groups in total.